The SMILES string of the molecule is Cc1ccc(OS(=O)(=O)c2ccc(F)c(F)c2F)c2c1C(C)CC2=O. The van der Waals surface area contributed by atoms with Gasteiger partial charge in [0.1, 0.15) is 4.90 Å². The van der Waals surface area contributed by atoms with Crippen LogP contribution >= 0.6 is 0 Å². The fraction of sp³-hybridized carbons (Fsp3) is 0.235. The smallest absolute Gasteiger partial charge is 0.342 e. The van der Waals surface area contributed by atoms with E-state index in [-0.39, 0.29) is 29.4 Å². The van der Waals surface area contributed by atoms with Crippen molar-refractivity contribution in [3.05, 3.63) is 58.4 Å². The third-order valence-corrected chi connectivity index (χ3v) is 5.41. The molecule has 25 heavy (non-hydrogen) atoms. The molecule has 0 heterocycles. The molecule has 0 aliphatic heterocycles. The van der Waals surface area contributed by atoms with Crippen molar-refractivity contribution in [3.8, 4) is 5.75 Å². The lowest BCUT2D eigenvalue weighted by Crippen LogP contribution is -2.15. The second-order valence-corrected chi connectivity index (χ2v) is 7.42. The lowest BCUT2D eigenvalue weighted by Gasteiger charge is -2.13. The number of ketones is 1. The summed E-state index contributed by atoms with van der Waals surface area (Å²) >= 11 is 0. The molecule has 1 atom stereocenters. The molecular weight excluding hydrogens is 357 g/mol. The van der Waals surface area contributed by atoms with E-state index < -0.39 is 32.5 Å². The van der Waals surface area contributed by atoms with Crippen LogP contribution in [0, 0.1) is 24.4 Å². The van der Waals surface area contributed by atoms with E-state index in [2.05, 4.69) is 0 Å². The molecule has 1 aliphatic carbocycles. The molecule has 0 amide bonds. The van der Waals surface area contributed by atoms with Crippen molar-refractivity contribution < 1.29 is 30.6 Å². The number of carbonyl (C=O) groups excluding carboxylic acids is 1. The number of benzene rings is 2. The summed E-state index contributed by atoms with van der Waals surface area (Å²) in [6.07, 6.45) is 0.204. The highest BCUT2D eigenvalue weighted by atomic mass is 32.2. The van der Waals surface area contributed by atoms with Gasteiger partial charge in [-0.3, -0.25) is 4.79 Å². The molecule has 3 rings (SSSR count). The zero-order chi connectivity index (χ0) is 18.5. The van der Waals surface area contributed by atoms with Gasteiger partial charge in [-0.25, -0.2) is 13.2 Å². The molecule has 0 N–H and O–H groups in total. The van der Waals surface area contributed by atoms with Gasteiger partial charge >= 0.3 is 10.1 Å². The summed E-state index contributed by atoms with van der Waals surface area (Å²) < 4.78 is 69.6. The first-order valence-corrected chi connectivity index (χ1v) is 8.79. The molecule has 2 aromatic rings. The molecule has 0 radical (unpaired) electrons. The molecule has 0 saturated carbocycles. The maximum absolute atomic E-state index is 13.8. The molecule has 0 spiro atoms. The normalized spacial score (nSPS) is 16.8. The quantitative estimate of drug-likeness (QED) is 0.608. The Morgan fingerprint density at radius 1 is 1.08 bits per heavy atom. The second-order valence-electron chi connectivity index (χ2n) is 5.91. The van der Waals surface area contributed by atoms with Crippen LogP contribution in [0.5, 0.6) is 5.75 Å². The van der Waals surface area contributed by atoms with Gasteiger partial charge in [0.2, 0.25) is 0 Å². The Bertz CT molecular complexity index is 999. The van der Waals surface area contributed by atoms with Gasteiger partial charge in [-0.1, -0.05) is 13.0 Å². The minimum absolute atomic E-state index is 0.103. The Kier molecular flexibility index (Phi) is 4.10. The van der Waals surface area contributed by atoms with Gasteiger partial charge in [-0.05, 0) is 42.2 Å². The van der Waals surface area contributed by atoms with Crippen LogP contribution in [-0.2, 0) is 10.1 Å². The van der Waals surface area contributed by atoms with Crippen molar-refractivity contribution in [1.29, 1.82) is 0 Å². The number of Topliss-reactive ketones (excluding diaryl/α,β-unsaturated/α-hetero) is 1. The van der Waals surface area contributed by atoms with Crippen LogP contribution < -0.4 is 4.18 Å². The Hall–Kier alpha value is -2.35. The third-order valence-electron chi connectivity index (χ3n) is 4.16. The van der Waals surface area contributed by atoms with E-state index >= 15 is 0 Å². The highest BCUT2D eigenvalue weighted by molar-refractivity contribution is 7.87. The summed E-state index contributed by atoms with van der Waals surface area (Å²) in [6.45, 7) is 3.60. The Balaban J connectivity index is 2.10. The number of aryl methyl sites for hydroxylation is 1. The first-order chi connectivity index (χ1) is 11.6. The number of halogens is 3. The van der Waals surface area contributed by atoms with Gasteiger partial charge in [0.25, 0.3) is 0 Å². The van der Waals surface area contributed by atoms with Crippen LogP contribution in [0.4, 0.5) is 13.2 Å². The average molecular weight is 370 g/mol. The number of carbonyl (C=O) groups is 1. The van der Waals surface area contributed by atoms with E-state index in [0.29, 0.717) is 17.7 Å². The molecule has 8 heteroatoms. The predicted molar refractivity (Wildman–Crippen MR) is 82.7 cm³/mol. The van der Waals surface area contributed by atoms with E-state index in [0.717, 1.165) is 5.56 Å². The van der Waals surface area contributed by atoms with E-state index in [1.807, 2.05) is 6.92 Å². The monoisotopic (exact) mass is 370 g/mol. The van der Waals surface area contributed by atoms with Crippen molar-refractivity contribution >= 4 is 15.9 Å². The molecular formula is C17H13F3O4S. The summed E-state index contributed by atoms with van der Waals surface area (Å²) in [5.41, 5.74) is 1.60. The lowest BCUT2D eigenvalue weighted by atomic mass is 9.98. The number of fused-ring (bicyclic) bond motifs is 1. The first kappa shape index (κ1) is 17.5. The standard InChI is InChI=1S/C17H13F3O4S/c1-8-3-5-12(15-11(21)7-9(2)14(8)15)24-25(22,23)13-6-4-10(18)16(19)17(13)20/h3-6,9H,7H2,1-2H3. The molecule has 132 valence electrons. The number of hydrogen-bond acceptors (Lipinski definition) is 4. The van der Waals surface area contributed by atoms with Crippen molar-refractivity contribution in [2.75, 3.05) is 0 Å². The topological polar surface area (TPSA) is 60.4 Å². The van der Waals surface area contributed by atoms with Gasteiger partial charge in [0.15, 0.2) is 29.0 Å². The van der Waals surface area contributed by atoms with E-state index in [4.69, 9.17) is 4.18 Å². The van der Waals surface area contributed by atoms with Crippen molar-refractivity contribution in [2.24, 2.45) is 0 Å². The zero-order valence-corrected chi connectivity index (χ0v) is 14.1. The minimum atomic E-state index is -4.79. The van der Waals surface area contributed by atoms with Crippen LogP contribution in [0.1, 0.15) is 40.7 Å². The Morgan fingerprint density at radius 3 is 2.44 bits per heavy atom. The predicted octanol–water partition coefficient (Wildman–Crippen LogP) is 3.87. The maximum Gasteiger partial charge on any atom is 0.342 e. The number of rotatable bonds is 3. The molecule has 0 saturated heterocycles. The van der Waals surface area contributed by atoms with Crippen LogP contribution in [0.25, 0.3) is 0 Å². The van der Waals surface area contributed by atoms with Gasteiger partial charge in [0.05, 0.1) is 5.56 Å². The molecule has 4 nitrogen and oxygen atoms in total. The van der Waals surface area contributed by atoms with Gasteiger partial charge in [0, 0.05) is 6.42 Å². The fourth-order valence-electron chi connectivity index (χ4n) is 3.04. The molecule has 0 aromatic heterocycles. The highest BCUT2D eigenvalue weighted by Gasteiger charge is 2.34. The van der Waals surface area contributed by atoms with Crippen LogP contribution in [0.3, 0.4) is 0 Å². The average Bonchev–Trinajstić information content (AvgIpc) is 2.83. The highest BCUT2D eigenvalue weighted by Crippen LogP contribution is 2.41. The summed E-state index contributed by atoms with van der Waals surface area (Å²) in [4.78, 5) is 11.0. The molecule has 2 aromatic carbocycles. The third kappa shape index (κ3) is 2.80. The van der Waals surface area contributed by atoms with Crippen LogP contribution in [0.2, 0.25) is 0 Å². The maximum atomic E-state index is 13.8. The first-order valence-electron chi connectivity index (χ1n) is 7.38. The Morgan fingerprint density at radius 2 is 1.76 bits per heavy atom. The van der Waals surface area contributed by atoms with E-state index in [9.17, 15) is 26.4 Å². The van der Waals surface area contributed by atoms with E-state index in [1.54, 1.807) is 13.0 Å². The fourth-order valence-corrected chi connectivity index (χ4v) is 4.05. The molecule has 0 fully saturated rings. The van der Waals surface area contributed by atoms with Crippen molar-refractivity contribution in [3.63, 3.8) is 0 Å². The molecule has 1 aliphatic rings. The summed E-state index contributed by atoms with van der Waals surface area (Å²) in [5.74, 6) is -5.95. The largest absolute Gasteiger partial charge is 0.378 e. The van der Waals surface area contributed by atoms with Crippen molar-refractivity contribution in [2.45, 2.75) is 31.1 Å². The number of hydrogen-bond donors (Lipinski definition) is 0. The van der Waals surface area contributed by atoms with Crippen LogP contribution in [-0.4, -0.2) is 14.2 Å². The lowest BCUT2D eigenvalue weighted by molar-refractivity contribution is 0.0989. The zero-order valence-electron chi connectivity index (χ0n) is 13.3. The van der Waals surface area contributed by atoms with Gasteiger partial charge in [-0.2, -0.15) is 8.42 Å². The van der Waals surface area contributed by atoms with Gasteiger partial charge in [-0.15, -0.1) is 0 Å². The summed E-state index contributed by atoms with van der Waals surface area (Å²) in [7, 11) is -4.79. The summed E-state index contributed by atoms with van der Waals surface area (Å²) in [6, 6.07) is 3.93. The molecule has 0 bridgehead atoms. The second kappa shape index (κ2) is 5.87. The van der Waals surface area contributed by atoms with E-state index in [1.165, 1.54) is 6.07 Å². The summed E-state index contributed by atoms with van der Waals surface area (Å²) in [5, 5.41) is 0. The van der Waals surface area contributed by atoms with Crippen molar-refractivity contribution in [1.82, 2.24) is 0 Å². The van der Waals surface area contributed by atoms with Crippen LogP contribution in [0.15, 0.2) is 29.2 Å². The Labute approximate surface area is 142 Å². The van der Waals surface area contributed by atoms with Gasteiger partial charge < -0.3 is 4.18 Å². The molecule has 1 unspecified atom stereocenters. The minimum Gasteiger partial charge on any atom is -0.378 e.